The molecule has 9 heteroatoms. The molecule has 0 saturated carbocycles. The number of phenolic OH excluding ortho intramolecular Hbond substituents is 2. The largest absolute Gasteiger partial charge is 0.508 e. The van der Waals surface area contributed by atoms with Crippen LogP contribution in [0.5, 0.6) is 11.5 Å². The number of carboxylic acid groups (broad SMARTS) is 1. The molecular weight excluding hydrogens is 462 g/mol. The molecule has 2 amide bonds. The van der Waals surface area contributed by atoms with Crippen LogP contribution >= 0.6 is 0 Å². The fourth-order valence-electron chi connectivity index (χ4n) is 3.66. The normalized spacial score (nSPS) is 13.2. The molecule has 0 unspecified atom stereocenters. The van der Waals surface area contributed by atoms with Gasteiger partial charge in [-0.1, -0.05) is 54.6 Å². The zero-order chi connectivity index (χ0) is 26.1. The number of rotatable bonds is 11. The minimum absolute atomic E-state index is 0.0495. The number of amides is 2. The van der Waals surface area contributed by atoms with Gasteiger partial charge in [-0.05, 0) is 47.4 Å². The van der Waals surface area contributed by atoms with Gasteiger partial charge in [-0.25, -0.2) is 4.79 Å². The Morgan fingerprint density at radius 2 is 1.08 bits per heavy atom. The topological polar surface area (TPSA) is 162 Å². The Morgan fingerprint density at radius 1 is 0.639 bits per heavy atom. The second kappa shape index (κ2) is 12.4. The highest BCUT2D eigenvalue weighted by atomic mass is 16.4. The second-order valence-electron chi connectivity index (χ2n) is 8.50. The van der Waals surface area contributed by atoms with Gasteiger partial charge in [0.2, 0.25) is 11.8 Å². The first-order valence-electron chi connectivity index (χ1n) is 11.4. The standard InChI is InChI=1S/C27H29N3O6/c28-22(14-18-6-10-20(31)11-7-18)25(33)29-23(15-19-8-12-21(32)13-9-19)26(34)30-24(27(35)36)16-17-4-2-1-3-5-17/h1-13,22-24,31-32H,14-16,28H2,(H,29,33)(H,30,34)(H,35,36)/t22-,23-,24-/m0/s1. The maximum Gasteiger partial charge on any atom is 0.326 e. The van der Waals surface area contributed by atoms with Crippen LogP contribution in [-0.4, -0.2) is 51.2 Å². The monoisotopic (exact) mass is 491 g/mol. The number of hydrogen-bond donors (Lipinski definition) is 6. The number of phenols is 2. The summed E-state index contributed by atoms with van der Waals surface area (Å²) in [5.74, 6) is -2.32. The summed E-state index contributed by atoms with van der Waals surface area (Å²) in [5.41, 5.74) is 8.18. The Morgan fingerprint density at radius 3 is 1.61 bits per heavy atom. The zero-order valence-corrected chi connectivity index (χ0v) is 19.5. The van der Waals surface area contributed by atoms with Gasteiger partial charge in [0.25, 0.3) is 0 Å². The van der Waals surface area contributed by atoms with E-state index in [9.17, 15) is 29.7 Å². The van der Waals surface area contributed by atoms with E-state index in [4.69, 9.17) is 5.73 Å². The molecule has 188 valence electrons. The smallest absolute Gasteiger partial charge is 0.326 e. The third-order valence-corrected chi connectivity index (χ3v) is 5.64. The van der Waals surface area contributed by atoms with Gasteiger partial charge in [0.1, 0.15) is 23.6 Å². The minimum atomic E-state index is -1.20. The van der Waals surface area contributed by atoms with Crippen LogP contribution in [0.4, 0.5) is 0 Å². The summed E-state index contributed by atoms with van der Waals surface area (Å²) in [4.78, 5) is 37.9. The van der Waals surface area contributed by atoms with Crippen LogP contribution in [0.3, 0.4) is 0 Å². The first-order chi connectivity index (χ1) is 17.2. The number of nitrogens with two attached hydrogens (primary N) is 1. The van der Waals surface area contributed by atoms with Gasteiger partial charge in [0.05, 0.1) is 6.04 Å². The van der Waals surface area contributed by atoms with Crippen molar-refractivity contribution in [2.75, 3.05) is 0 Å². The van der Waals surface area contributed by atoms with Gasteiger partial charge in [-0.3, -0.25) is 9.59 Å². The van der Waals surface area contributed by atoms with E-state index in [-0.39, 0.29) is 30.8 Å². The fourth-order valence-corrected chi connectivity index (χ4v) is 3.66. The molecule has 0 fully saturated rings. The van der Waals surface area contributed by atoms with Crippen LogP contribution < -0.4 is 16.4 Å². The van der Waals surface area contributed by atoms with Gasteiger partial charge in [-0.15, -0.1) is 0 Å². The molecule has 3 rings (SSSR count). The summed E-state index contributed by atoms with van der Waals surface area (Å²) in [6.45, 7) is 0. The van der Waals surface area contributed by atoms with Gasteiger partial charge >= 0.3 is 5.97 Å². The van der Waals surface area contributed by atoms with Crippen molar-refractivity contribution in [2.24, 2.45) is 5.73 Å². The van der Waals surface area contributed by atoms with Crippen molar-refractivity contribution in [3.05, 3.63) is 95.6 Å². The lowest BCUT2D eigenvalue weighted by atomic mass is 10.0. The summed E-state index contributed by atoms with van der Waals surface area (Å²) in [6, 6.07) is 18.0. The minimum Gasteiger partial charge on any atom is -0.508 e. The van der Waals surface area contributed by atoms with Crippen molar-refractivity contribution in [3.8, 4) is 11.5 Å². The molecule has 3 aromatic carbocycles. The average molecular weight is 492 g/mol. The molecule has 0 heterocycles. The van der Waals surface area contributed by atoms with Gasteiger partial charge in [0.15, 0.2) is 0 Å². The van der Waals surface area contributed by atoms with E-state index in [2.05, 4.69) is 10.6 Å². The van der Waals surface area contributed by atoms with Crippen molar-refractivity contribution in [1.82, 2.24) is 10.6 Å². The first-order valence-corrected chi connectivity index (χ1v) is 11.4. The lowest BCUT2D eigenvalue weighted by molar-refractivity contribution is -0.142. The Hall–Kier alpha value is -4.37. The Kier molecular flexibility index (Phi) is 9.01. The number of carboxylic acids is 1. The Bertz CT molecular complexity index is 1170. The molecule has 0 saturated heterocycles. The number of aliphatic carboxylic acids is 1. The Labute approximate surface area is 208 Å². The first kappa shape index (κ1) is 26.2. The van der Waals surface area contributed by atoms with Gasteiger partial charge in [-0.2, -0.15) is 0 Å². The molecule has 36 heavy (non-hydrogen) atoms. The fraction of sp³-hybridized carbons (Fsp3) is 0.222. The van der Waals surface area contributed by atoms with Gasteiger partial charge < -0.3 is 31.7 Å². The molecular formula is C27H29N3O6. The summed E-state index contributed by atoms with van der Waals surface area (Å²) >= 11 is 0. The van der Waals surface area contributed by atoms with E-state index in [1.807, 2.05) is 6.07 Å². The van der Waals surface area contributed by atoms with Crippen LogP contribution in [0, 0.1) is 0 Å². The van der Waals surface area contributed by atoms with Crippen LogP contribution in [0.1, 0.15) is 16.7 Å². The quantitative estimate of drug-likeness (QED) is 0.237. The van der Waals surface area contributed by atoms with Crippen molar-refractivity contribution in [2.45, 2.75) is 37.4 Å². The average Bonchev–Trinajstić information content (AvgIpc) is 2.86. The predicted octanol–water partition coefficient (Wildman–Crippen LogP) is 1.51. The lowest BCUT2D eigenvalue weighted by Gasteiger charge is -2.23. The van der Waals surface area contributed by atoms with Crippen molar-refractivity contribution >= 4 is 17.8 Å². The van der Waals surface area contributed by atoms with Crippen molar-refractivity contribution < 1.29 is 29.7 Å². The zero-order valence-electron chi connectivity index (χ0n) is 19.5. The van der Waals surface area contributed by atoms with E-state index in [0.717, 1.165) is 11.1 Å². The maximum absolute atomic E-state index is 13.2. The van der Waals surface area contributed by atoms with E-state index >= 15 is 0 Å². The number of benzene rings is 3. The summed E-state index contributed by atoms with van der Waals surface area (Å²) < 4.78 is 0. The van der Waals surface area contributed by atoms with Crippen LogP contribution in [0.25, 0.3) is 0 Å². The molecule has 0 aliphatic heterocycles. The summed E-state index contributed by atoms with van der Waals surface area (Å²) in [6.07, 6.45) is 0.301. The van der Waals surface area contributed by atoms with Crippen molar-refractivity contribution in [3.63, 3.8) is 0 Å². The van der Waals surface area contributed by atoms with Crippen LogP contribution in [0.15, 0.2) is 78.9 Å². The number of carbonyl (C=O) groups excluding carboxylic acids is 2. The molecule has 3 atom stereocenters. The SMILES string of the molecule is N[C@@H](Cc1ccc(O)cc1)C(=O)N[C@@H](Cc1ccc(O)cc1)C(=O)N[C@@H](Cc1ccccc1)C(=O)O. The number of carbonyl (C=O) groups is 3. The summed E-state index contributed by atoms with van der Waals surface area (Å²) in [7, 11) is 0. The van der Waals surface area contributed by atoms with Crippen molar-refractivity contribution in [1.29, 1.82) is 0 Å². The lowest BCUT2D eigenvalue weighted by Crippen LogP contribution is -2.55. The molecule has 0 aliphatic rings. The molecule has 0 aromatic heterocycles. The maximum atomic E-state index is 13.2. The predicted molar refractivity (Wildman–Crippen MR) is 133 cm³/mol. The highest BCUT2D eigenvalue weighted by molar-refractivity contribution is 5.92. The van der Waals surface area contributed by atoms with E-state index in [0.29, 0.717) is 5.56 Å². The molecule has 9 nitrogen and oxygen atoms in total. The molecule has 0 bridgehead atoms. The number of aromatic hydroxyl groups is 2. The molecule has 3 aromatic rings. The third-order valence-electron chi connectivity index (χ3n) is 5.64. The van der Waals surface area contributed by atoms with E-state index in [1.54, 1.807) is 48.5 Å². The molecule has 0 aliphatic carbocycles. The molecule has 0 spiro atoms. The highest BCUT2D eigenvalue weighted by Crippen LogP contribution is 2.13. The second-order valence-corrected chi connectivity index (χ2v) is 8.50. The Balaban J connectivity index is 1.74. The number of nitrogens with one attached hydrogen (secondary N) is 2. The van der Waals surface area contributed by atoms with Gasteiger partial charge in [0, 0.05) is 12.8 Å². The summed E-state index contributed by atoms with van der Waals surface area (Å²) in [5, 5.41) is 33.8. The highest BCUT2D eigenvalue weighted by Gasteiger charge is 2.28. The molecule has 0 radical (unpaired) electrons. The third kappa shape index (κ3) is 7.85. The van der Waals surface area contributed by atoms with Crippen LogP contribution in [0.2, 0.25) is 0 Å². The number of hydrogen-bond acceptors (Lipinski definition) is 6. The van der Waals surface area contributed by atoms with Crippen LogP contribution in [-0.2, 0) is 33.6 Å². The van der Waals surface area contributed by atoms with E-state index < -0.39 is 35.9 Å². The molecule has 7 N–H and O–H groups in total. The van der Waals surface area contributed by atoms with E-state index in [1.165, 1.54) is 24.3 Å².